The van der Waals surface area contributed by atoms with Gasteiger partial charge in [0.05, 0.1) is 5.56 Å². The molecule has 51 heavy (non-hydrogen) atoms. The predicted molar refractivity (Wildman–Crippen MR) is 182 cm³/mol. The molecule has 11 heteroatoms. The van der Waals surface area contributed by atoms with E-state index in [0.29, 0.717) is 23.6 Å². The number of amides is 2. The Morgan fingerprint density at radius 2 is 1.61 bits per heavy atom. The standard InChI is InChI=1S/C40H38F4N2O5/c41-31-16-14-30(34(22-31)40(42,43)44)24-51-32-17-15-29-18-19-46(36(47)21-25-6-4-5-7-25)37(33(29)23-32)38(48)45-35(39(49)50)20-26-10-12-28(13-11-26)27-8-2-1-3-9-27/h1-3,8-17,22-23,25,35,37H,4-7,18-21,24H2,(H,45,48)(H,49,50)/t35-,37?/m0/s1. The van der Waals surface area contributed by atoms with Gasteiger partial charge < -0.3 is 20.1 Å². The number of nitrogens with zero attached hydrogens (tertiary/aromatic N) is 1. The highest BCUT2D eigenvalue weighted by molar-refractivity contribution is 5.92. The summed E-state index contributed by atoms with van der Waals surface area (Å²) in [5.41, 5.74) is 2.36. The van der Waals surface area contributed by atoms with Gasteiger partial charge in [-0.2, -0.15) is 13.2 Å². The largest absolute Gasteiger partial charge is 0.489 e. The molecule has 2 amide bonds. The van der Waals surface area contributed by atoms with E-state index in [1.54, 1.807) is 12.1 Å². The molecule has 2 N–H and O–H groups in total. The van der Waals surface area contributed by atoms with Gasteiger partial charge in [-0.25, -0.2) is 9.18 Å². The number of carboxylic acid groups (broad SMARTS) is 1. The van der Waals surface area contributed by atoms with E-state index in [9.17, 15) is 37.1 Å². The summed E-state index contributed by atoms with van der Waals surface area (Å²) in [7, 11) is 0. The number of aliphatic carboxylic acids is 1. The number of benzene rings is 4. The Balaban J connectivity index is 1.25. The molecule has 0 spiro atoms. The number of ether oxygens (including phenoxy) is 1. The van der Waals surface area contributed by atoms with Crippen molar-refractivity contribution in [2.75, 3.05) is 6.54 Å². The van der Waals surface area contributed by atoms with Gasteiger partial charge >= 0.3 is 12.1 Å². The summed E-state index contributed by atoms with van der Waals surface area (Å²) in [6, 6.07) is 21.7. The first-order chi connectivity index (χ1) is 24.5. The van der Waals surface area contributed by atoms with Gasteiger partial charge in [-0.1, -0.05) is 79.6 Å². The number of fused-ring (bicyclic) bond motifs is 1. The minimum atomic E-state index is -4.80. The first-order valence-corrected chi connectivity index (χ1v) is 17.0. The van der Waals surface area contributed by atoms with Crippen molar-refractivity contribution >= 4 is 17.8 Å². The van der Waals surface area contributed by atoms with Gasteiger partial charge in [0.25, 0.3) is 0 Å². The van der Waals surface area contributed by atoms with E-state index < -0.39 is 48.1 Å². The highest BCUT2D eigenvalue weighted by Crippen LogP contribution is 2.37. The van der Waals surface area contributed by atoms with Crippen molar-refractivity contribution in [2.24, 2.45) is 5.92 Å². The minimum Gasteiger partial charge on any atom is -0.489 e. The molecule has 1 heterocycles. The fourth-order valence-electron chi connectivity index (χ4n) is 7.06. The molecule has 1 unspecified atom stereocenters. The topological polar surface area (TPSA) is 95.9 Å². The molecule has 1 fully saturated rings. The number of rotatable bonds is 11. The number of hydrogen-bond acceptors (Lipinski definition) is 4. The number of nitrogens with one attached hydrogen (secondary N) is 1. The highest BCUT2D eigenvalue weighted by Gasteiger charge is 2.39. The van der Waals surface area contributed by atoms with Crippen LogP contribution < -0.4 is 10.1 Å². The molecular weight excluding hydrogens is 664 g/mol. The molecule has 6 rings (SSSR count). The van der Waals surface area contributed by atoms with Gasteiger partial charge in [0, 0.05) is 24.9 Å². The average Bonchev–Trinajstić information content (AvgIpc) is 3.63. The minimum absolute atomic E-state index is 0.00585. The normalized spacial score (nSPS) is 16.7. The van der Waals surface area contributed by atoms with E-state index in [1.165, 1.54) is 11.0 Å². The quantitative estimate of drug-likeness (QED) is 0.155. The van der Waals surface area contributed by atoms with Gasteiger partial charge in [-0.05, 0) is 77.3 Å². The van der Waals surface area contributed by atoms with Crippen molar-refractivity contribution in [2.45, 2.75) is 69.8 Å². The van der Waals surface area contributed by atoms with E-state index in [-0.39, 0.29) is 42.5 Å². The summed E-state index contributed by atoms with van der Waals surface area (Å²) < 4.78 is 60.3. The van der Waals surface area contributed by atoms with Crippen LogP contribution in [0.15, 0.2) is 91.0 Å². The van der Waals surface area contributed by atoms with Crippen LogP contribution in [0.2, 0.25) is 0 Å². The fraction of sp³-hybridized carbons (Fsp3) is 0.325. The molecule has 7 nitrogen and oxygen atoms in total. The molecule has 2 aliphatic rings. The van der Waals surface area contributed by atoms with E-state index in [1.807, 2.05) is 54.6 Å². The Morgan fingerprint density at radius 1 is 0.902 bits per heavy atom. The Hall–Kier alpha value is -5.19. The van der Waals surface area contributed by atoms with E-state index in [0.717, 1.165) is 54.5 Å². The van der Waals surface area contributed by atoms with Crippen molar-refractivity contribution in [1.82, 2.24) is 10.2 Å². The van der Waals surface area contributed by atoms with Crippen molar-refractivity contribution in [1.29, 1.82) is 0 Å². The van der Waals surface area contributed by atoms with Crippen molar-refractivity contribution in [3.63, 3.8) is 0 Å². The third kappa shape index (κ3) is 8.58. The molecule has 1 saturated carbocycles. The molecule has 0 radical (unpaired) electrons. The number of carbonyl (C=O) groups is 3. The number of halogens is 4. The van der Waals surface area contributed by atoms with Crippen molar-refractivity contribution in [3.05, 3.63) is 125 Å². The summed E-state index contributed by atoms with van der Waals surface area (Å²) >= 11 is 0. The second-order valence-corrected chi connectivity index (χ2v) is 13.2. The van der Waals surface area contributed by atoms with Gasteiger partial charge in [0.2, 0.25) is 11.8 Å². The molecule has 266 valence electrons. The Bertz CT molecular complexity index is 1870. The van der Waals surface area contributed by atoms with E-state index in [4.69, 9.17) is 4.74 Å². The Labute approximate surface area is 293 Å². The maximum atomic E-state index is 14.2. The molecule has 2 atom stereocenters. The van der Waals surface area contributed by atoms with Crippen LogP contribution in [0.4, 0.5) is 17.6 Å². The second kappa shape index (κ2) is 15.4. The van der Waals surface area contributed by atoms with Crippen LogP contribution in [-0.4, -0.2) is 40.4 Å². The summed E-state index contributed by atoms with van der Waals surface area (Å²) in [6.45, 7) is -0.292. The first-order valence-electron chi connectivity index (χ1n) is 17.0. The van der Waals surface area contributed by atoms with Crippen LogP contribution in [0.3, 0.4) is 0 Å². The molecule has 4 aromatic rings. The zero-order chi connectivity index (χ0) is 36.1. The zero-order valence-corrected chi connectivity index (χ0v) is 27.8. The fourth-order valence-corrected chi connectivity index (χ4v) is 7.06. The smallest absolute Gasteiger partial charge is 0.416 e. The average molecular weight is 703 g/mol. The number of carboxylic acids is 1. The van der Waals surface area contributed by atoms with Crippen LogP contribution in [0.25, 0.3) is 11.1 Å². The van der Waals surface area contributed by atoms with E-state index in [2.05, 4.69) is 5.32 Å². The molecule has 4 aromatic carbocycles. The predicted octanol–water partition coefficient (Wildman–Crippen LogP) is 7.91. The first kappa shape index (κ1) is 35.6. The van der Waals surface area contributed by atoms with Gasteiger partial charge in [0.1, 0.15) is 30.3 Å². The molecule has 1 aliphatic heterocycles. The lowest BCUT2D eigenvalue weighted by molar-refractivity contribution is -0.145. The van der Waals surface area contributed by atoms with Crippen LogP contribution in [0.5, 0.6) is 5.75 Å². The van der Waals surface area contributed by atoms with Gasteiger partial charge in [0.15, 0.2) is 0 Å². The Kier molecular flexibility index (Phi) is 10.7. The van der Waals surface area contributed by atoms with Crippen molar-refractivity contribution in [3.8, 4) is 16.9 Å². The lowest BCUT2D eigenvalue weighted by Gasteiger charge is -2.37. The van der Waals surface area contributed by atoms with Crippen molar-refractivity contribution < 1.29 is 41.8 Å². The second-order valence-electron chi connectivity index (χ2n) is 13.2. The molecule has 0 saturated heterocycles. The van der Waals surface area contributed by atoms with E-state index >= 15 is 0 Å². The number of hydrogen-bond donors (Lipinski definition) is 2. The van der Waals surface area contributed by atoms with Crippen LogP contribution in [-0.2, 0) is 40.0 Å². The van der Waals surface area contributed by atoms with Gasteiger partial charge in [-0.3, -0.25) is 9.59 Å². The SMILES string of the molecule is O=C(N[C@@H](Cc1ccc(-c2ccccc2)cc1)C(=O)O)C1c2cc(OCc3ccc(F)cc3C(F)(F)F)ccc2CCN1C(=O)CC1CCCC1. The molecule has 1 aliphatic carbocycles. The summed E-state index contributed by atoms with van der Waals surface area (Å²) in [4.78, 5) is 41.9. The molecular formula is C40H38F4N2O5. The number of carbonyl (C=O) groups excluding carboxylic acids is 2. The molecule has 0 aromatic heterocycles. The van der Waals surface area contributed by atoms with Crippen LogP contribution in [0, 0.1) is 11.7 Å². The monoisotopic (exact) mass is 702 g/mol. The Morgan fingerprint density at radius 3 is 2.29 bits per heavy atom. The lowest BCUT2D eigenvalue weighted by atomic mass is 9.90. The lowest BCUT2D eigenvalue weighted by Crippen LogP contribution is -2.51. The van der Waals surface area contributed by atoms with Crippen LogP contribution in [0.1, 0.15) is 66.0 Å². The third-order valence-corrected chi connectivity index (χ3v) is 9.74. The summed E-state index contributed by atoms with van der Waals surface area (Å²) in [5.74, 6) is -2.83. The summed E-state index contributed by atoms with van der Waals surface area (Å²) in [6.07, 6.45) is -0.238. The van der Waals surface area contributed by atoms with Crippen LogP contribution >= 0.6 is 0 Å². The summed E-state index contributed by atoms with van der Waals surface area (Å²) in [5, 5.41) is 12.8. The highest BCUT2D eigenvalue weighted by atomic mass is 19.4. The maximum Gasteiger partial charge on any atom is 0.416 e. The zero-order valence-electron chi connectivity index (χ0n) is 27.8. The van der Waals surface area contributed by atoms with Gasteiger partial charge in [-0.15, -0.1) is 0 Å². The maximum absolute atomic E-state index is 14.2. The number of alkyl halides is 3. The molecule has 0 bridgehead atoms. The third-order valence-electron chi connectivity index (χ3n) is 9.74.